The lowest BCUT2D eigenvalue weighted by Crippen LogP contribution is -2.14. The molecule has 1 atom stereocenters. The zero-order valence-electron chi connectivity index (χ0n) is 10.5. The second-order valence-electron chi connectivity index (χ2n) is 4.52. The molecule has 2 aromatic rings. The van der Waals surface area contributed by atoms with Crippen LogP contribution in [0.25, 0.3) is 10.1 Å². The monoisotopic (exact) mass is 245 g/mol. The molecule has 2 rings (SSSR count). The smallest absolute Gasteiger partial charge is 0.0415 e. The lowest BCUT2D eigenvalue weighted by atomic mass is 10.1. The lowest BCUT2D eigenvalue weighted by Gasteiger charge is -2.13. The van der Waals surface area contributed by atoms with Gasteiger partial charge in [0.1, 0.15) is 0 Å². The van der Waals surface area contributed by atoms with Crippen LogP contribution in [0.4, 0.5) is 0 Å². The summed E-state index contributed by atoms with van der Waals surface area (Å²) in [6.45, 7) is 6.07. The maximum absolute atomic E-state index is 3.97. The Kier molecular flexibility index (Phi) is 3.97. The van der Waals surface area contributed by atoms with E-state index in [1.807, 2.05) is 18.4 Å². The number of nitrogens with one attached hydrogen (secondary N) is 1. The van der Waals surface area contributed by atoms with Crippen molar-refractivity contribution in [2.24, 2.45) is 0 Å². The lowest BCUT2D eigenvalue weighted by molar-refractivity contribution is 0.557. The summed E-state index contributed by atoms with van der Waals surface area (Å²) >= 11 is 1.89. The Balaban J connectivity index is 2.21. The normalized spacial score (nSPS) is 12.8. The van der Waals surface area contributed by atoms with Gasteiger partial charge in [-0.15, -0.1) is 17.9 Å². The Bertz CT molecular complexity index is 479. The molecule has 0 aliphatic carbocycles. The van der Waals surface area contributed by atoms with Crippen molar-refractivity contribution in [1.82, 2.24) is 5.32 Å². The molecule has 0 saturated heterocycles. The Morgan fingerprint density at radius 3 is 2.82 bits per heavy atom. The summed E-state index contributed by atoms with van der Waals surface area (Å²) in [4.78, 5) is 1.43. The fraction of sp³-hybridized carbons (Fsp3) is 0.333. The molecular weight excluding hydrogens is 226 g/mol. The minimum absolute atomic E-state index is 0.448. The number of allylic oxidation sites excluding steroid dienone is 1. The molecule has 0 spiro atoms. The maximum Gasteiger partial charge on any atom is 0.0415 e. The minimum Gasteiger partial charge on any atom is -0.312 e. The quantitative estimate of drug-likeness (QED) is 0.764. The van der Waals surface area contributed by atoms with Crippen LogP contribution in [-0.2, 0) is 0 Å². The first-order valence-electron chi connectivity index (χ1n) is 6.01. The Labute approximate surface area is 107 Å². The van der Waals surface area contributed by atoms with E-state index in [4.69, 9.17) is 0 Å². The van der Waals surface area contributed by atoms with Crippen molar-refractivity contribution >= 4 is 21.4 Å². The first kappa shape index (κ1) is 12.3. The van der Waals surface area contributed by atoms with Crippen LogP contribution >= 0.6 is 11.3 Å². The molecule has 1 nitrogen and oxygen atoms in total. The third-order valence-corrected chi connectivity index (χ3v) is 4.23. The van der Waals surface area contributed by atoms with Gasteiger partial charge in [-0.2, -0.15) is 0 Å². The van der Waals surface area contributed by atoms with E-state index in [1.165, 1.54) is 20.5 Å². The van der Waals surface area contributed by atoms with Gasteiger partial charge in [-0.1, -0.05) is 23.8 Å². The summed E-state index contributed by atoms with van der Waals surface area (Å²) < 4.78 is 1.37. The van der Waals surface area contributed by atoms with E-state index < -0.39 is 0 Å². The number of fused-ring (bicyclic) bond motifs is 1. The fourth-order valence-corrected chi connectivity index (χ4v) is 3.20. The van der Waals surface area contributed by atoms with Crippen LogP contribution in [0.5, 0.6) is 0 Å². The van der Waals surface area contributed by atoms with E-state index >= 15 is 0 Å². The van der Waals surface area contributed by atoms with Gasteiger partial charge in [0.2, 0.25) is 0 Å². The molecule has 1 heterocycles. The van der Waals surface area contributed by atoms with Crippen LogP contribution in [0.2, 0.25) is 0 Å². The van der Waals surface area contributed by atoms with Crippen molar-refractivity contribution in [3.05, 3.63) is 47.4 Å². The average molecular weight is 245 g/mol. The molecule has 90 valence electrons. The molecule has 0 aliphatic heterocycles. The van der Waals surface area contributed by atoms with Crippen LogP contribution in [0, 0.1) is 0 Å². The molecule has 1 N–H and O–H groups in total. The zero-order valence-corrected chi connectivity index (χ0v) is 11.3. The van der Waals surface area contributed by atoms with Crippen molar-refractivity contribution in [1.29, 1.82) is 0 Å². The van der Waals surface area contributed by atoms with Crippen LogP contribution in [0.3, 0.4) is 0 Å². The second kappa shape index (κ2) is 5.48. The predicted molar refractivity (Wildman–Crippen MR) is 77.7 cm³/mol. The Morgan fingerprint density at radius 2 is 2.18 bits per heavy atom. The molecule has 0 bridgehead atoms. The molecule has 17 heavy (non-hydrogen) atoms. The van der Waals surface area contributed by atoms with Crippen molar-refractivity contribution in [2.45, 2.75) is 25.8 Å². The van der Waals surface area contributed by atoms with Gasteiger partial charge >= 0.3 is 0 Å². The molecule has 0 fully saturated rings. The largest absolute Gasteiger partial charge is 0.312 e. The third kappa shape index (κ3) is 2.96. The van der Waals surface area contributed by atoms with Crippen LogP contribution in [-0.4, -0.2) is 7.05 Å². The van der Waals surface area contributed by atoms with E-state index in [-0.39, 0.29) is 0 Å². The molecule has 0 amide bonds. The number of thiophene rings is 1. The Hall–Kier alpha value is -1.12. The number of rotatable bonds is 5. The minimum atomic E-state index is 0.448. The predicted octanol–water partition coefficient (Wildman–Crippen LogP) is 4.52. The van der Waals surface area contributed by atoms with Crippen LogP contribution in [0.1, 0.15) is 30.7 Å². The van der Waals surface area contributed by atoms with Gasteiger partial charge in [-0.25, -0.2) is 0 Å². The summed E-state index contributed by atoms with van der Waals surface area (Å²) in [5.41, 5.74) is 1.26. The number of benzene rings is 1. The molecule has 1 aromatic carbocycles. The van der Waals surface area contributed by atoms with Gasteiger partial charge in [-0.05, 0) is 44.3 Å². The molecule has 0 aliphatic rings. The number of hydrogen-bond acceptors (Lipinski definition) is 2. The molecule has 2 heteroatoms. The third-order valence-electron chi connectivity index (χ3n) is 3.00. The molecule has 1 aromatic heterocycles. The topological polar surface area (TPSA) is 12.0 Å². The summed E-state index contributed by atoms with van der Waals surface area (Å²) in [6.07, 6.45) is 2.21. The van der Waals surface area contributed by atoms with Crippen molar-refractivity contribution in [3.8, 4) is 0 Å². The molecular formula is C15H19NS. The Morgan fingerprint density at radius 1 is 1.41 bits per heavy atom. The highest BCUT2D eigenvalue weighted by Gasteiger charge is 2.12. The molecule has 0 saturated carbocycles. The average Bonchev–Trinajstić information content (AvgIpc) is 2.72. The van der Waals surface area contributed by atoms with Gasteiger partial charge < -0.3 is 5.32 Å². The number of hydrogen-bond donors (Lipinski definition) is 1. The molecule has 0 radical (unpaired) electrons. The second-order valence-corrected chi connectivity index (χ2v) is 5.64. The van der Waals surface area contributed by atoms with Gasteiger partial charge in [0.25, 0.3) is 0 Å². The highest BCUT2D eigenvalue weighted by atomic mass is 32.1. The van der Waals surface area contributed by atoms with E-state index in [0.717, 1.165) is 12.8 Å². The van der Waals surface area contributed by atoms with Gasteiger partial charge in [-0.3, -0.25) is 0 Å². The van der Waals surface area contributed by atoms with Gasteiger partial charge in [0.05, 0.1) is 0 Å². The van der Waals surface area contributed by atoms with Crippen molar-refractivity contribution in [3.63, 3.8) is 0 Å². The fourth-order valence-electron chi connectivity index (χ4n) is 1.99. The first-order valence-corrected chi connectivity index (χ1v) is 6.82. The van der Waals surface area contributed by atoms with E-state index in [1.54, 1.807) is 0 Å². The summed E-state index contributed by atoms with van der Waals surface area (Å²) in [5, 5.41) is 4.75. The summed E-state index contributed by atoms with van der Waals surface area (Å²) in [7, 11) is 2.04. The standard InChI is InChI=1S/C15H19NS/c1-11(2)8-9-13(16-3)15-10-12-6-4-5-7-14(12)17-15/h4-7,10,13,16H,1,8-9H2,2-3H3. The SMILES string of the molecule is C=C(C)CCC(NC)c1cc2ccccc2s1. The molecule has 1 unspecified atom stereocenters. The van der Waals surface area contributed by atoms with E-state index in [0.29, 0.717) is 6.04 Å². The summed E-state index contributed by atoms with van der Waals surface area (Å²) in [5.74, 6) is 0. The zero-order chi connectivity index (χ0) is 12.3. The van der Waals surface area contributed by atoms with E-state index in [2.05, 4.69) is 49.2 Å². The van der Waals surface area contributed by atoms with Crippen LogP contribution < -0.4 is 5.32 Å². The van der Waals surface area contributed by atoms with Gasteiger partial charge in [0, 0.05) is 15.6 Å². The highest BCUT2D eigenvalue weighted by Crippen LogP contribution is 2.32. The van der Waals surface area contributed by atoms with E-state index in [9.17, 15) is 0 Å². The van der Waals surface area contributed by atoms with Crippen molar-refractivity contribution < 1.29 is 0 Å². The first-order chi connectivity index (χ1) is 8.20. The van der Waals surface area contributed by atoms with Crippen molar-refractivity contribution in [2.75, 3.05) is 7.05 Å². The van der Waals surface area contributed by atoms with Crippen LogP contribution in [0.15, 0.2) is 42.5 Å². The van der Waals surface area contributed by atoms with Gasteiger partial charge in [0.15, 0.2) is 0 Å². The maximum atomic E-state index is 3.97. The summed E-state index contributed by atoms with van der Waals surface area (Å²) in [6, 6.07) is 11.3. The highest BCUT2D eigenvalue weighted by molar-refractivity contribution is 7.19.